The van der Waals surface area contributed by atoms with Crippen molar-refractivity contribution in [2.24, 2.45) is 5.92 Å². The standard InChI is InChI=1S/C21H31N3O/c1-16-14-24(20-9-5-7-18-6-3-4-8-19(18)20)15-21(16)23-12-10-22(11-13-23)17(2)25/h3-4,6,8,16,20-21H,5,7,9-15H2,1-2H3/t16-,20+,21-/m1/s1. The van der Waals surface area contributed by atoms with Crippen molar-refractivity contribution in [1.29, 1.82) is 0 Å². The molecule has 0 unspecified atom stereocenters. The third-order valence-corrected chi connectivity index (χ3v) is 6.61. The molecule has 1 amide bonds. The summed E-state index contributed by atoms with van der Waals surface area (Å²) in [5.74, 6) is 0.928. The monoisotopic (exact) mass is 341 g/mol. The predicted octanol–water partition coefficient (Wildman–Crippen LogP) is 2.55. The highest BCUT2D eigenvalue weighted by molar-refractivity contribution is 5.73. The van der Waals surface area contributed by atoms with Crippen LogP contribution in [0.3, 0.4) is 0 Å². The van der Waals surface area contributed by atoms with Gasteiger partial charge in [-0.25, -0.2) is 0 Å². The Morgan fingerprint density at radius 3 is 2.56 bits per heavy atom. The average Bonchev–Trinajstić information content (AvgIpc) is 3.03. The van der Waals surface area contributed by atoms with E-state index in [1.165, 1.54) is 32.4 Å². The number of likely N-dealkylation sites (tertiary alicyclic amines) is 1. The first-order chi connectivity index (χ1) is 12.1. The van der Waals surface area contributed by atoms with E-state index in [0.717, 1.165) is 26.2 Å². The largest absolute Gasteiger partial charge is 0.340 e. The summed E-state index contributed by atoms with van der Waals surface area (Å²) < 4.78 is 0. The number of fused-ring (bicyclic) bond motifs is 1. The van der Waals surface area contributed by atoms with Crippen molar-refractivity contribution in [3.8, 4) is 0 Å². The Bertz CT molecular complexity index is 623. The number of piperazine rings is 1. The second kappa shape index (κ2) is 7.08. The van der Waals surface area contributed by atoms with Crippen LogP contribution >= 0.6 is 0 Å². The number of nitrogens with zero attached hydrogens (tertiary/aromatic N) is 3. The van der Waals surface area contributed by atoms with Crippen molar-refractivity contribution in [3.63, 3.8) is 0 Å². The molecule has 0 aromatic heterocycles. The molecule has 2 aliphatic heterocycles. The van der Waals surface area contributed by atoms with Crippen molar-refractivity contribution < 1.29 is 4.79 Å². The molecule has 0 N–H and O–H groups in total. The quantitative estimate of drug-likeness (QED) is 0.827. The molecule has 1 aromatic carbocycles. The molecule has 0 spiro atoms. The fourth-order valence-electron chi connectivity index (χ4n) is 5.19. The van der Waals surface area contributed by atoms with Gasteiger partial charge in [0, 0.05) is 58.3 Å². The molecule has 4 heteroatoms. The Morgan fingerprint density at radius 1 is 1.04 bits per heavy atom. The molecular formula is C21H31N3O. The summed E-state index contributed by atoms with van der Waals surface area (Å²) in [5, 5.41) is 0. The molecule has 0 radical (unpaired) electrons. The average molecular weight is 341 g/mol. The smallest absolute Gasteiger partial charge is 0.219 e. The van der Waals surface area contributed by atoms with Crippen molar-refractivity contribution in [2.75, 3.05) is 39.3 Å². The number of aryl methyl sites for hydroxylation is 1. The van der Waals surface area contributed by atoms with E-state index in [2.05, 4.69) is 41.0 Å². The summed E-state index contributed by atoms with van der Waals surface area (Å²) in [6.45, 7) is 10.3. The van der Waals surface area contributed by atoms with Crippen molar-refractivity contribution in [3.05, 3.63) is 35.4 Å². The van der Waals surface area contributed by atoms with E-state index in [-0.39, 0.29) is 5.91 Å². The normalized spacial score (nSPS) is 31.1. The molecule has 25 heavy (non-hydrogen) atoms. The summed E-state index contributed by atoms with van der Waals surface area (Å²) in [6, 6.07) is 10.3. The molecule has 1 aliphatic carbocycles. The van der Waals surface area contributed by atoms with E-state index < -0.39 is 0 Å². The molecule has 2 fully saturated rings. The molecule has 2 heterocycles. The lowest BCUT2D eigenvalue weighted by molar-refractivity contribution is -0.130. The molecule has 136 valence electrons. The maximum atomic E-state index is 11.6. The van der Waals surface area contributed by atoms with Crippen LogP contribution in [0.2, 0.25) is 0 Å². The van der Waals surface area contributed by atoms with Gasteiger partial charge in [-0.1, -0.05) is 31.2 Å². The van der Waals surface area contributed by atoms with Crippen LogP contribution in [0.5, 0.6) is 0 Å². The van der Waals surface area contributed by atoms with Crippen LogP contribution in [0, 0.1) is 5.92 Å². The fourth-order valence-corrected chi connectivity index (χ4v) is 5.19. The Labute approximate surface area is 151 Å². The van der Waals surface area contributed by atoms with E-state index in [4.69, 9.17) is 0 Å². The number of rotatable bonds is 2. The van der Waals surface area contributed by atoms with Gasteiger partial charge in [-0.3, -0.25) is 14.6 Å². The van der Waals surface area contributed by atoms with Gasteiger partial charge in [-0.15, -0.1) is 0 Å². The van der Waals surface area contributed by atoms with Crippen LogP contribution in [0.1, 0.15) is 43.9 Å². The summed E-state index contributed by atoms with van der Waals surface area (Å²) in [6.07, 6.45) is 3.86. The minimum atomic E-state index is 0.222. The topological polar surface area (TPSA) is 26.8 Å². The molecule has 0 bridgehead atoms. The fraction of sp³-hybridized carbons (Fsp3) is 0.667. The Morgan fingerprint density at radius 2 is 1.80 bits per heavy atom. The first-order valence-electron chi connectivity index (χ1n) is 9.95. The van der Waals surface area contributed by atoms with Crippen LogP contribution in [-0.2, 0) is 11.2 Å². The van der Waals surface area contributed by atoms with Gasteiger partial charge in [0.1, 0.15) is 0 Å². The zero-order valence-electron chi connectivity index (χ0n) is 15.7. The van der Waals surface area contributed by atoms with Gasteiger partial charge >= 0.3 is 0 Å². The van der Waals surface area contributed by atoms with Gasteiger partial charge in [0.25, 0.3) is 0 Å². The van der Waals surface area contributed by atoms with E-state index >= 15 is 0 Å². The molecule has 4 nitrogen and oxygen atoms in total. The van der Waals surface area contributed by atoms with E-state index in [9.17, 15) is 4.79 Å². The second-order valence-corrected chi connectivity index (χ2v) is 8.15. The van der Waals surface area contributed by atoms with Gasteiger partial charge in [-0.2, -0.15) is 0 Å². The molecule has 1 aromatic rings. The van der Waals surface area contributed by atoms with Gasteiger partial charge in [0.05, 0.1) is 0 Å². The summed E-state index contributed by atoms with van der Waals surface area (Å²) in [5.41, 5.74) is 3.13. The van der Waals surface area contributed by atoms with Crippen LogP contribution in [-0.4, -0.2) is 65.9 Å². The van der Waals surface area contributed by atoms with E-state index in [1.54, 1.807) is 18.1 Å². The SMILES string of the molecule is CC(=O)N1CCN([C@@H]2CN([C@H]3CCCc4ccccc43)C[C@H]2C)CC1. The number of benzene rings is 1. The molecule has 4 rings (SSSR count). The highest BCUT2D eigenvalue weighted by Gasteiger charge is 2.39. The number of carbonyl (C=O) groups excluding carboxylic acids is 1. The van der Waals surface area contributed by atoms with Crippen LogP contribution in [0.25, 0.3) is 0 Å². The third-order valence-electron chi connectivity index (χ3n) is 6.61. The van der Waals surface area contributed by atoms with Gasteiger partial charge in [0.2, 0.25) is 5.91 Å². The Balaban J connectivity index is 1.43. The maximum absolute atomic E-state index is 11.6. The van der Waals surface area contributed by atoms with Crippen molar-refractivity contribution in [1.82, 2.24) is 14.7 Å². The first kappa shape index (κ1) is 17.0. The van der Waals surface area contributed by atoms with E-state index in [1.807, 2.05) is 4.90 Å². The maximum Gasteiger partial charge on any atom is 0.219 e. The van der Waals surface area contributed by atoms with Crippen molar-refractivity contribution >= 4 is 5.91 Å². The summed E-state index contributed by atoms with van der Waals surface area (Å²) >= 11 is 0. The summed E-state index contributed by atoms with van der Waals surface area (Å²) in [7, 11) is 0. The minimum absolute atomic E-state index is 0.222. The highest BCUT2D eigenvalue weighted by Crippen LogP contribution is 2.38. The first-order valence-corrected chi connectivity index (χ1v) is 9.95. The zero-order chi connectivity index (χ0) is 17.4. The molecule has 3 aliphatic rings. The van der Waals surface area contributed by atoms with Gasteiger partial charge in [-0.05, 0) is 36.3 Å². The minimum Gasteiger partial charge on any atom is -0.340 e. The van der Waals surface area contributed by atoms with Gasteiger partial charge in [0.15, 0.2) is 0 Å². The lowest BCUT2D eigenvalue weighted by Crippen LogP contribution is -2.53. The van der Waals surface area contributed by atoms with Crippen LogP contribution in [0.4, 0.5) is 0 Å². The van der Waals surface area contributed by atoms with Crippen LogP contribution < -0.4 is 0 Å². The van der Waals surface area contributed by atoms with Crippen molar-refractivity contribution in [2.45, 2.75) is 45.2 Å². The predicted molar refractivity (Wildman–Crippen MR) is 100 cm³/mol. The highest BCUT2D eigenvalue weighted by atomic mass is 16.2. The molecule has 0 saturated carbocycles. The third kappa shape index (κ3) is 3.34. The molecular weight excluding hydrogens is 310 g/mol. The number of hydrogen-bond acceptors (Lipinski definition) is 3. The zero-order valence-corrected chi connectivity index (χ0v) is 15.7. The molecule has 2 saturated heterocycles. The lowest BCUT2D eigenvalue weighted by atomic mass is 9.87. The Hall–Kier alpha value is -1.39. The lowest BCUT2D eigenvalue weighted by Gasteiger charge is -2.39. The second-order valence-electron chi connectivity index (χ2n) is 8.15. The number of carbonyl (C=O) groups is 1. The van der Waals surface area contributed by atoms with E-state index in [0.29, 0.717) is 18.0 Å². The van der Waals surface area contributed by atoms with Crippen LogP contribution in [0.15, 0.2) is 24.3 Å². The molecule has 3 atom stereocenters. The Kier molecular flexibility index (Phi) is 4.83. The van der Waals surface area contributed by atoms with Gasteiger partial charge < -0.3 is 4.90 Å². The number of amides is 1. The summed E-state index contributed by atoms with van der Waals surface area (Å²) in [4.78, 5) is 18.9. The number of hydrogen-bond donors (Lipinski definition) is 0.